The monoisotopic (exact) mass is 175 g/mol. The van der Waals surface area contributed by atoms with Crippen molar-refractivity contribution in [3.8, 4) is 0 Å². The molecule has 0 amide bonds. The Morgan fingerprint density at radius 1 is 1.46 bits per heavy atom. The van der Waals surface area contributed by atoms with Gasteiger partial charge >= 0.3 is 5.97 Å². The largest absolute Gasteiger partial charge is 0.481 e. The quantitative estimate of drug-likeness (QED) is 0.709. The number of para-hydroxylation sites is 1. The second-order valence-corrected chi connectivity index (χ2v) is 3.00. The van der Waals surface area contributed by atoms with Crippen molar-refractivity contribution in [1.29, 1.82) is 0 Å². The van der Waals surface area contributed by atoms with Gasteiger partial charge in [0.15, 0.2) is 0 Å². The molecule has 1 aliphatic rings. The number of carbonyl (C=O) groups is 1. The summed E-state index contributed by atoms with van der Waals surface area (Å²) in [5.41, 5.74) is 1.60. The van der Waals surface area contributed by atoms with Crippen LogP contribution in [0.2, 0.25) is 0 Å². The molecule has 1 aromatic rings. The van der Waals surface area contributed by atoms with Crippen LogP contribution in [0.3, 0.4) is 0 Å². The molecule has 3 heteroatoms. The zero-order valence-corrected chi connectivity index (χ0v) is 6.97. The summed E-state index contributed by atoms with van der Waals surface area (Å²) in [5.74, 6) is -1.20. The van der Waals surface area contributed by atoms with Crippen LogP contribution >= 0.6 is 0 Å². The maximum absolute atomic E-state index is 10.9. The number of aliphatic imine (C=N–C) groups is 1. The molecule has 0 aliphatic carbocycles. The van der Waals surface area contributed by atoms with E-state index in [0.29, 0.717) is 6.42 Å². The zero-order valence-electron chi connectivity index (χ0n) is 6.97. The van der Waals surface area contributed by atoms with E-state index in [4.69, 9.17) is 5.11 Å². The molecule has 3 nitrogen and oxygen atoms in total. The molecular formula is C10H9NO2. The predicted octanol–water partition coefficient (Wildman–Crippen LogP) is 1.96. The molecule has 13 heavy (non-hydrogen) atoms. The van der Waals surface area contributed by atoms with Gasteiger partial charge in [-0.05, 0) is 11.6 Å². The number of rotatable bonds is 1. The highest BCUT2D eigenvalue weighted by Gasteiger charge is 2.23. The van der Waals surface area contributed by atoms with Gasteiger partial charge in [0.1, 0.15) is 0 Å². The summed E-state index contributed by atoms with van der Waals surface area (Å²) in [5, 5.41) is 8.92. The van der Waals surface area contributed by atoms with Crippen molar-refractivity contribution >= 4 is 17.9 Å². The Hall–Kier alpha value is -1.64. The third-order valence-corrected chi connectivity index (χ3v) is 2.18. The van der Waals surface area contributed by atoms with Crippen LogP contribution in [0.1, 0.15) is 17.9 Å². The summed E-state index contributed by atoms with van der Waals surface area (Å²) in [6.07, 6.45) is 2.16. The average Bonchev–Trinajstić information content (AvgIpc) is 2.17. The van der Waals surface area contributed by atoms with Crippen molar-refractivity contribution in [2.45, 2.75) is 12.3 Å². The van der Waals surface area contributed by atoms with Crippen LogP contribution in [0.4, 0.5) is 5.69 Å². The third kappa shape index (κ3) is 1.33. The number of hydrogen-bond donors (Lipinski definition) is 1. The highest BCUT2D eigenvalue weighted by molar-refractivity contribution is 5.85. The van der Waals surface area contributed by atoms with E-state index in [1.165, 1.54) is 0 Å². The number of nitrogens with zero attached hydrogens (tertiary/aromatic N) is 1. The summed E-state index contributed by atoms with van der Waals surface area (Å²) in [6.45, 7) is 0. The SMILES string of the molecule is O=C(O)C1CC=Nc2ccccc21. The minimum atomic E-state index is -0.779. The molecule has 1 N–H and O–H groups in total. The van der Waals surface area contributed by atoms with Gasteiger partial charge in [0.2, 0.25) is 0 Å². The second-order valence-electron chi connectivity index (χ2n) is 3.00. The molecule has 0 spiro atoms. The lowest BCUT2D eigenvalue weighted by Crippen LogP contribution is -2.14. The van der Waals surface area contributed by atoms with Gasteiger partial charge in [-0.15, -0.1) is 0 Å². The second kappa shape index (κ2) is 3.01. The van der Waals surface area contributed by atoms with Crippen molar-refractivity contribution in [2.24, 2.45) is 4.99 Å². The number of hydrogen-bond acceptors (Lipinski definition) is 2. The van der Waals surface area contributed by atoms with E-state index >= 15 is 0 Å². The highest BCUT2D eigenvalue weighted by atomic mass is 16.4. The number of carboxylic acid groups (broad SMARTS) is 1. The minimum Gasteiger partial charge on any atom is -0.481 e. The summed E-state index contributed by atoms with van der Waals surface area (Å²) >= 11 is 0. The zero-order chi connectivity index (χ0) is 9.26. The molecule has 1 aromatic carbocycles. The number of benzene rings is 1. The van der Waals surface area contributed by atoms with Crippen molar-refractivity contribution in [2.75, 3.05) is 0 Å². The Labute approximate surface area is 75.7 Å². The lowest BCUT2D eigenvalue weighted by molar-refractivity contribution is -0.138. The van der Waals surface area contributed by atoms with E-state index in [2.05, 4.69) is 4.99 Å². The maximum Gasteiger partial charge on any atom is 0.311 e. The summed E-state index contributed by atoms with van der Waals surface area (Å²) in [6, 6.07) is 7.36. The van der Waals surface area contributed by atoms with Crippen LogP contribution in [-0.2, 0) is 4.79 Å². The lowest BCUT2D eigenvalue weighted by atomic mass is 9.93. The van der Waals surface area contributed by atoms with Crippen molar-refractivity contribution in [3.63, 3.8) is 0 Å². The summed E-state index contributed by atoms with van der Waals surface area (Å²) < 4.78 is 0. The van der Waals surface area contributed by atoms with Gasteiger partial charge in [0.05, 0.1) is 11.6 Å². The predicted molar refractivity (Wildman–Crippen MR) is 49.6 cm³/mol. The first-order valence-corrected chi connectivity index (χ1v) is 4.13. The first-order valence-electron chi connectivity index (χ1n) is 4.13. The van der Waals surface area contributed by atoms with E-state index in [1.807, 2.05) is 24.3 Å². The fraction of sp³-hybridized carbons (Fsp3) is 0.200. The molecule has 2 rings (SSSR count). The van der Waals surface area contributed by atoms with E-state index in [1.54, 1.807) is 6.21 Å². The molecule has 0 aromatic heterocycles. The number of aliphatic carboxylic acids is 1. The summed E-state index contributed by atoms with van der Waals surface area (Å²) in [7, 11) is 0. The summed E-state index contributed by atoms with van der Waals surface area (Å²) in [4.78, 5) is 15.0. The van der Waals surface area contributed by atoms with E-state index in [9.17, 15) is 4.79 Å². The average molecular weight is 175 g/mol. The number of fused-ring (bicyclic) bond motifs is 1. The maximum atomic E-state index is 10.9. The molecule has 0 saturated carbocycles. The first kappa shape index (κ1) is 7.98. The molecule has 1 unspecified atom stereocenters. The van der Waals surface area contributed by atoms with Crippen LogP contribution in [0.15, 0.2) is 29.3 Å². The van der Waals surface area contributed by atoms with Gasteiger partial charge in [-0.1, -0.05) is 18.2 Å². The van der Waals surface area contributed by atoms with E-state index in [0.717, 1.165) is 11.3 Å². The van der Waals surface area contributed by atoms with E-state index < -0.39 is 11.9 Å². The van der Waals surface area contributed by atoms with Crippen molar-refractivity contribution in [1.82, 2.24) is 0 Å². The third-order valence-electron chi connectivity index (χ3n) is 2.18. The molecule has 1 heterocycles. The van der Waals surface area contributed by atoms with Gasteiger partial charge < -0.3 is 5.11 Å². The van der Waals surface area contributed by atoms with Crippen LogP contribution in [0, 0.1) is 0 Å². The standard InChI is InChI=1S/C10H9NO2/c12-10(13)8-5-6-11-9-4-2-1-3-7(8)9/h1-4,6,8H,5H2,(H,12,13). The fourth-order valence-corrected chi connectivity index (χ4v) is 1.52. The normalized spacial score (nSPS) is 19.5. The minimum absolute atomic E-state index is 0.423. The molecule has 1 aliphatic heterocycles. The molecule has 66 valence electrons. The van der Waals surface area contributed by atoms with E-state index in [-0.39, 0.29) is 0 Å². The number of carboxylic acids is 1. The van der Waals surface area contributed by atoms with Crippen molar-refractivity contribution < 1.29 is 9.90 Å². The van der Waals surface area contributed by atoms with Gasteiger partial charge in [0.25, 0.3) is 0 Å². The molecular weight excluding hydrogens is 166 g/mol. The van der Waals surface area contributed by atoms with Crippen LogP contribution < -0.4 is 0 Å². The molecule has 0 radical (unpaired) electrons. The van der Waals surface area contributed by atoms with Gasteiger partial charge in [0, 0.05) is 12.6 Å². The van der Waals surface area contributed by atoms with Gasteiger partial charge in [-0.2, -0.15) is 0 Å². The van der Waals surface area contributed by atoms with Gasteiger partial charge in [-0.3, -0.25) is 9.79 Å². The van der Waals surface area contributed by atoms with Crippen LogP contribution in [0.5, 0.6) is 0 Å². The van der Waals surface area contributed by atoms with Gasteiger partial charge in [-0.25, -0.2) is 0 Å². The highest BCUT2D eigenvalue weighted by Crippen LogP contribution is 2.32. The fourth-order valence-electron chi connectivity index (χ4n) is 1.52. The van der Waals surface area contributed by atoms with Crippen LogP contribution in [-0.4, -0.2) is 17.3 Å². The topological polar surface area (TPSA) is 49.7 Å². The Morgan fingerprint density at radius 3 is 3.00 bits per heavy atom. The van der Waals surface area contributed by atoms with Crippen LogP contribution in [0.25, 0.3) is 0 Å². The Morgan fingerprint density at radius 2 is 2.23 bits per heavy atom. The Balaban J connectivity index is 2.49. The first-order chi connectivity index (χ1) is 6.29. The Kier molecular flexibility index (Phi) is 1.85. The molecule has 0 bridgehead atoms. The Bertz CT molecular complexity index is 371. The molecule has 1 atom stereocenters. The lowest BCUT2D eigenvalue weighted by Gasteiger charge is -2.16. The smallest absolute Gasteiger partial charge is 0.311 e. The van der Waals surface area contributed by atoms with Crippen molar-refractivity contribution in [3.05, 3.63) is 29.8 Å². The molecule has 0 fully saturated rings. The molecule has 0 saturated heterocycles.